The van der Waals surface area contributed by atoms with E-state index in [2.05, 4.69) is 77.1 Å². The lowest BCUT2D eigenvalue weighted by molar-refractivity contribution is -0.133. The van der Waals surface area contributed by atoms with Crippen LogP contribution in [0.25, 0.3) is 5.69 Å². The van der Waals surface area contributed by atoms with Crippen molar-refractivity contribution < 1.29 is 9.59 Å². The number of hydrogen-bond acceptors (Lipinski definition) is 5. The number of thioether (sulfide) groups is 1. The second kappa shape index (κ2) is 16.6. The molecule has 0 radical (unpaired) electrons. The minimum Gasteiger partial charge on any atom is -0.339 e. The maximum absolute atomic E-state index is 13.3. The summed E-state index contributed by atoms with van der Waals surface area (Å²) in [7, 11) is 0. The van der Waals surface area contributed by atoms with Crippen LogP contribution in [0.2, 0.25) is 0 Å². The van der Waals surface area contributed by atoms with Gasteiger partial charge in [0.05, 0.1) is 0 Å². The Labute approximate surface area is 278 Å². The molecule has 1 saturated heterocycles. The number of carbonyl (C=O) groups is 2. The van der Waals surface area contributed by atoms with E-state index >= 15 is 0 Å². The van der Waals surface area contributed by atoms with E-state index in [4.69, 9.17) is 0 Å². The first-order valence-corrected chi connectivity index (χ1v) is 17.8. The Morgan fingerprint density at radius 2 is 1.61 bits per heavy atom. The second-order valence-electron chi connectivity index (χ2n) is 12.4. The number of aromatic nitrogens is 3. The van der Waals surface area contributed by atoms with Crippen LogP contribution in [-0.2, 0) is 17.6 Å². The fourth-order valence-corrected chi connectivity index (χ4v) is 6.95. The summed E-state index contributed by atoms with van der Waals surface area (Å²) < 4.78 is 2.16. The van der Waals surface area contributed by atoms with Crippen molar-refractivity contribution in [2.75, 3.05) is 25.4 Å². The van der Waals surface area contributed by atoms with E-state index in [1.807, 2.05) is 47.1 Å². The van der Waals surface area contributed by atoms with Gasteiger partial charge in [0.1, 0.15) is 5.82 Å². The molecule has 2 amide bonds. The Hall–Kier alpha value is -3.91. The van der Waals surface area contributed by atoms with Gasteiger partial charge in [-0.1, -0.05) is 91.7 Å². The molecule has 7 nitrogen and oxygen atoms in total. The van der Waals surface area contributed by atoms with Crippen LogP contribution in [0.5, 0.6) is 0 Å². The Balaban J connectivity index is 1.08. The molecular weight excluding hydrogens is 591 g/mol. The average molecular weight is 638 g/mol. The van der Waals surface area contributed by atoms with Crippen molar-refractivity contribution in [3.05, 3.63) is 107 Å². The molecule has 2 heterocycles. The Morgan fingerprint density at radius 1 is 0.848 bits per heavy atom. The number of benzene rings is 3. The lowest BCUT2D eigenvalue weighted by Gasteiger charge is -2.40. The molecule has 1 aromatic heterocycles. The third kappa shape index (κ3) is 8.87. The molecule has 0 bridgehead atoms. The van der Waals surface area contributed by atoms with Gasteiger partial charge in [0, 0.05) is 55.5 Å². The number of piperazine rings is 1. The molecule has 1 atom stereocenters. The molecule has 0 N–H and O–H groups in total. The first kappa shape index (κ1) is 33.5. The van der Waals surface area contributed by atoms with E-state index < -0.39 is 0 Å². The third-order valence-corrected chi connectivity index (χ3v) is 9.74. The largest absolute Gasteiger partial charge is 0.339 e. The fraction of sp³-hybridized carbons (Fsp3) is 0.421. The van der Waals surface area contributed by atoms with Crippen molar-refractivity contribution in [1.29, 1.82) is 0 Å². The van der Waals surface area contributed by atoms with Gasteiger partial charge in [-0.15, -0.1) is 10.2 Å². The van der Waals surface area contributed by atoms with Crippen LogP contribution in [0.1, 0.15) is 85.2 Å². The van der Waals surface area contributed by atoms with Gasteiger partial charge in [0.2, 0.25) is 5.91 Å². The molecule has 242 valence electrons. The minimum atomic E-state index is -0.0109. The lowest BCUT2D eigenvalue weighted by atomic mass is 10.0. The zero-order valence-electron chi connectivity index (χ0n) is 27.5. The maximum Gasteiger partial charge on any atom is 0.254 e. The summed E-state index contributed by atoms with van der Waals surface area (Å²) in [5, 5.41) is 10.00. The highest BCUT2D eigenvalue weighted by Crippen LogP contribution is 2.25. The highest BCUT2D eigenvalue weighted by Gasteiger charge is 2.30. The topological polar surface area (TPSA) is 71.3 Å². The number of hydrogen-bond donors (Lipinski definition) is 0. The Bertz CT molecular complexity index is 1550. The molecule has 1 aliphatic rings. The number of aryl methyl sites for hydroxylation is 2. The zero-order chi connectivity index (χ0) is 32.3. The molecule has 1 unspecified atom stereocenters. The van der Waals surface area contributed by atoms with Gasteiger partial charge in [-0.25, -0.2) is 0 Å². The number of unbranched alkanes of at least 4 members (excludes halogenated alkanes) is 3. The number of amides is 2. The van der Waals surface area contributed by atoms with Crippen molar-refractivity contribution in [2.45, 2.75) is 83.3 Å². The number of rotatable bonds is 14. The molecule has 1 fully saturated rings. The summed E-state index contributed by atoms with van der Waals surface area (Å²) in [4.78, 5) is 30.2. The SMILES string of the molecule is CCCCCc1ccc(C(=O)N2CCN(C(=O)CCCCSc3nnc(Cc4ccccc4)n3-c3ccc(C)cc3)CC2C)cc1. The van der Waals surface area contributed by atoms with Crippen molar-refractivity contribution in [2.24, 2.45) is 0 Å². The molecule has 8 heteroatoms. The quantitative estimate of drug-likeness (QED) is 0.106. The van der Waals surface area contributed by atoms with Crippen molar-refractivity contribution in [3.8, 4) is 5.69 Å². The van der Waals surface area contributed by atoms with Crippen molar-refractivity contribution in [1.82, 2.24) is 24.6 Å². The molecule has 0 saturated carbocycles. The van der Waals surface area contributed by atoms with Gasteiger partial charge < -0.3 is 9.80 Å². The Kier molecular flexibility index (Phi) is 12.1. The van der Waals surface area contributed by atoms with Gasteiger partial charge in [0.15, 0.2) is 5.16 Å². The predicted octanol–water partition coefficient (Wildman–Crippen LogP) is 7.53. The van der Waals surface area contributed by atoms with Gasteiger partial charge in [-0.05, 0) is 74.9 Å². The summed E-state index contributed by atoms with van der Waals surface area (Å²) in [5.41, 5.74) is 5.49. The molecule has 4 aromatic rings. The molecule has 3 aromatic carbocycles. The van der Waals surface area contributed by atoms with Crippen LogP contribution in [0, 0.1) is 6.92 Å². The lowest BCUT2D eigenvalue weighted by Crippen LogP contribution is -2.55. The number of nitrogens with zero attached hydrogens (tertiary/aromatic N) is 5. The van der Waals surface area contributed by atoms with Gasteiger partial charge >= 0.3 is 0 Å². The summed E-state index contributed by atoms with van der Waals surface area (Å²) in [6, 6.07) is 26.9. The van der Waals surface area contributed by atoms with Crippen LogP contribution in [0.3, 0.4) is 0 Å². The fourth-order valence-electron chi connectivity index (χ4n) is 5.98. The second-order valence-corrected chi connectivity index (χ2v) is 13.4. The van der Waals surface area contributed by atoms with Crippen LogP contribution in [-0.4, -0.2) is 67.8 Å². The molecule has 0 aliphatic carbocycles. The normalized spacial score (nSPS) is 14.9. The van der Waals surface area contributed by atoms with Crippen LogP contribution in [0.4, 0.5) is 0 Å². The minimum absolute atomic E-state index is 0.0109. The molecule has 0 spiro atoms. The van der Waals surface area contributed by atoms with E-state index in [9.17, 15) is 9.59 Å². The molecular formula is C38H47N5O2S. The van der Waals surface area contributed by atoms with Gasteiger partial charge in [-0.2, -0.15) is 0 Å². The molecule has 1 aliphatic heterocycles. The molecule has 5 rings (SSSR count). The summed E-state index contributed by atoms with van der Waals surface area (Å²) in [5.74, 6) is 2.01. The van der Waals surface area contributed by atoms with E-state index in [1.165, 1.54) is 36.0 Å². The highest BCUT2D eigenvalue weighted by atomic mass is 32.2. The van der Waals surface area contributed by atoms with Crippen molar-refractivity contribution in [3.63, 3.8) is 0 Å². The van der Waals surface area contributed by atoms with E-state index in [-0.39, 0.29) is 17.9 Å². The van der Waals surface area contributed by atoms with Crippen molar-refractivity contribution >= 4 is 23.6 Å². The smallest absolute Gasteiger partial charge is 0.254 e. The van der Waals surface area contributed by atoms with E-state index in [1.54, 1.807) is 11.8 Å². The average Bonchev–Trinajstić information content (AvgIpc) is 3.47. The van der Waals surface area contributed by atoms with Crippen LogP contribution >= 0.6 is 11.8 Å². The van der Waals surface area contributed by atoms with Gasteiger partial charge in [0.25, 0.3) is 5.91 Å². The first-order chi connectivity index (χ1) is 22.4. The Morgan fingerprint density at radius 3 is 2.33 bits per heavy atom. The summed E-state index contributed by atoms with van der Waals surface area (Å²) in [6.45, 7) is 8.08. The standard InChI is InChI=1S/C38H47N5O2S/c1-4-5-7-12-31-18-20-33(21-19-31)37(45)42-25-24-41(28-30(42)3)36(44)15-10-11-26-46-38-40-39-35(27-32-13-8-6-9-14-32)43(38)34-22-16-29(2)17-23-34/h6,8-9,13-14,16-23,30H,4-5,7,10-12,15,24-28H2,1-3H3. The van der Waals surface area contributed by atoms with Crippen LogP contribution < -0.4 is 0 Å². The molecule has 46 heavy (non-hydrogen) atoms. The first-order valence-electron chi connectivity index (χ1n) is 16.8. The van der Waals surface area contributed by atoms with Crippen LogP contribution in [0.15, 0.2) is 84.0 Å². The van der Waals surface area contributed by atoms with E-state index in [0.717, 1.165) is 47.2 Å². The summed E-state index contributed by atoms with van der Waals surface area (Å²) in [6.07, 6.45) is 7.64. The third-order valence-electron chi connectivity index (χ3n) is 8.72. The predicted molar refractivity (Wildman–Crippen MR) is 187 cm³/mol. The maximum atomic E-state index is 13.3. The highest BCUT2D eigenvalue weighted by molar-refractivity contribution is 7.99. The zero-order valence-corrected chi connectivity index (χ0v) is 28.3. The number of carbonyl (C=O) groups excluding carboxylic acids is 2. The monoisotopic (exact) mass is 637 g/mol. The summed E-state index contributed by atoms with van der Waals surface area (Å²) >= 11 is 1.69. The van der Waals surface area contributed by atoms with Gasteiger partial charge in [-0.3, -0.25) is 14.2 Å². The van der Waals surface area contributed by atoms with E-state index in [0.29, 0.717) is 32.5 Å².